The topological polar surface area (TPSA) is 102 Å². The SMILES string of the molecule is CC(C)C[C@@H](N)C(=O)Nc1ccc(S(C)(=O)=O)nc1. The van der Waals surface area contributed by atoms with Crippen molar-refractivity contribution >= 4 is 21.4 Å². The van der Waals surface area contributed by atoms with Crippen molar-refractivity contribution in [2.24, 2.45) is 11.7 Å². The summed E-state index contributed by atoms with van der Waals surface area (Å²) in [5.74, 6) is 0.0223. The molecule has 0 saturated heterocycles. The number of pyridine rings is 1. The zero-order valence-corrected chi connectivity index (χ0v) is 12.1. The van der Waals surface area contributed by atoms with Crippen molar-refractivity contribution in [2.45, 2.75) is 31.3 Å². The Morgan fingerprint density at radius 1 is 1.42 bits per heavy atom. The van der Waals surface area contributed by atoms with Crippen molar-refractivity contribution in [1.29, 1.82) is 0 Å². The summed E-state index contributed by atoms with van der Waals surface area (Å²) in [7, 11) is -3.33. The monoisotopic (exact) mass is 285 g/mol. The molecule has 7 heteroatoms. The first-order valence-corrected chi connectivity index (χ1v) is 7.82. The van der Waals surface area contributed by atoms with E-state index in [1.807, 2.05) is 13.8 Å². The number of nitrogens with two attached hydrogens (primary N) is 1. The van der Waals surface area contributed by atoms with E-state index in [9.17, 15) is 13.2 Å². The highest BCUT2D eigenvalue weighted by Gasteiger charge is 2.15. The second-order valence-corrected chi connectivity index (χ2v) is 6.85. The lowest BCUT2D eigenvalue weighted by Crippen LogP contribution is -2.36. The van der Waals surface area contributed by atoms with Gasteiger partial charge in [-0.2, -0.15) is 0 Å². The molecule has 106 valence electrons. The van der Waals surface area contributed by atoms with Crippen molar-refractivity contribution in [2.75, 3.05) is 11.6 Å². The van der Waals surface area contributed by atoms with E-state index in [0.29, 0.717) is 18.0 Å². The maximum absolute atomic E-state index is 11.7. The van der Waals surface area contributed by atoms with E-state index in [1.54, 1.807) is 0 Å². The highest BCUT2D eigenvalue weighted by Crippen LogP contribution is 2.11. The van der Waals surface area contributed by atoms with E-state index in [1.165, 1.54) is 18.3 Å². The average molecular weight is 285 g/mol. The molecule has 0 spiro atoms. The van der Waals surface area contributed by atoms with E-state index in [0.717, 1.165) is 6.26 Å². The van der Waals surface area contributed by atoms with Gasteiger partial charge in [0, 0.05) is 6.26 Å². The molecule has 1 aromatic rings. The lowest BCUT2D eigenvalue weighted by molar-refractivity contribution is -0.117. The van der Waals surface area contributed by atoms with Crippen molar-refractivity contribution in [3.8, 4) is 0 Å². The predicted octanol–water partition coefficient (Wildman–Crippen LogP) is 0.797. The van der Waals surface area contributed by atoms with Gasteiger partial charge in [-0.15, -0.1) is 0 Å². The minimum Gasteiger partial charge on any atom is -0.323 e. The Kier molecular flexibility index (Phi) is 5.02. The van der Waals surface area contributed by atoms with Crippen LogP contribution in [-0.2, 0) is 14.6 Å². The number of rotatable bonds is 5. The van der Waals surface area contributed by atoms with Gasteiger partial charge in [-0.1, -0.05) is 13.8 Å². The van der Waals surface area contributed by atoms with Gasteiger partial charge in [-0.05, 0) is 24.5 Å². The first-order chi connectivity index (χ1) is 8.70. The smallest absolute Gasteiger partial charge is 0.241 e. The van der Waals surface area contributed by atoms with Crippen LogP contribution in [0.4, 0.5) is 5.69 Å². The molecule has 1 heterocycles. The lowest BCUT2D eigenvalue weighted by atomic mass is 10.0. The van der Waals surface area contributed by atoms with Gasteiger partial charge in [-0.3, -0.25) is 4.79 Å². The van der Waals surface area contributed by atoms with Crippen molar-refractivity contribution < 1.29 is 13.2 Å². The highest BCUT2D eigenvalue weighted by atomic mass is 32.2. The fraction of sp³-hybridized carbons (Fsp3) is 0.500. The van der Waals surface area contributed by atoms with Crippen molar-refractivity contribution in [1.82, 2.24) is 4.98 Å². The molecule has 1 aromatic heterocycles. The number of sulfone groups is 1. The molecule has 0 fully saturated rings. The largest absolute Gasteiger partial charge is 0.323 e. The maximum Gasteiger partial charge on any atom is 0.241 e. The molecular formula is C12H19N3O3S. The Hall–Kier alpha value is -1.47. The number of carbonyl (C=O) groups is 1. The number of hydrogen-bond acceptors (Lipinski definition) is 5. The van der Waals surface area contributed by atoms with E-state index < -0.39 is 15.9 Å². The maximum atomic E-state index is 11.7. The van der Waals surface area contributed by atoms with Gasteiger partial charge >= 0.3 is 0 Å². The molecule has 0 aliphatic heterocycles. The Balaban J connectivity index is 2.71. The fourth-order valence-corrected chi connectivity index (χ4v) is 2.08. The predicted molar refractivity (Wildman–Crippen MR) is 73.4 cm³/mol. The molecule has 1 amide bonds. The number of amides is 1. The molecular weight excluding hydrogens is 266 g/mol. The van der Waals surface area contributed by atoms with Gasteiger partial charge in [0.1, 0.15) is 0 Å². The molecule has 0 saturated carbocycles. The van der Waals surface area contributed by atoms with Crippen LogP contribution in [0, 0.1) is 5.92 Å². The number of aromatic nitrogens is 1. The van der Waals surface area contributed by atoms with Gasteiger partial charge in [0.25, 0.3) is 0 Å². The first kappa shape index (κ1) is 15.6. The Morgan fingerprint density at radius 2 is 2.05 bits per heavy atom. The normalized spacial score (nSPS) is 13.3. The summed E-state index contributed by atoms with van der Waals surface area (Å²) in [6.45, 7) is 3.96. The lowest BCUT2D eigenvalue weighted by Gasteiger charge is -2.14. The Bertz CT molecular complexity index is 538. The van der Waals surface area contributed by atoms with Crippen LogP contribution in [-0.4, -0.2) is 31.6 Å². The highest BCUT2D eigenvalue weighted by molar-refractivity contribution is 7.90. The van der Waals surface area contributed by atoms with Gasteiger partial charge in [0.15, 0.2) is 14.9 Å². The summed E-state index contributed by atoms with van der Waals surface area (Å²) in [6.07, 6.45) is 2.96. The summed E-state index contributed by atoms with van der Waals surface area (Å²) in [5, 5.41) is 2.57. The average Bonchev–Trinajstić information content (AvgIpc) is 2.27. The first-order valence-electron chi connectivity index (χ1n) is 5.92. The number of anilines is 1. The molecule has 0 aliphatic carbocycles. The van der Waals surface area contributed by atoms with Crippen LogP contribution in [0.2, 0.25) is 0 Å². The quantitative estimate of drug-likeness (QED) is 0.833. The summed E-state index contributed by atoms with van der Waals surface area (Å²) < 4.78 is 22.5. The van der Waals surface area contributed by atoms with E-state index in [-0.39, 0.29) is 10.9 Å². The molecule has 0 aromatic carbocycles. The third kappa shape index (κ3) is 4.96. The summed E-state index contributed by atoms with van der Waals surface area (Å²) in [5.41, 5.74) is 6.16. The van der Waals surface area contributed by atoms with E-state index in [2.05, 4.69) is 10.3 Å². The van der Waals surface area contributed by atoms with Crippen LogP contribution in [0.15, 0.2) is 23.4 Å². The number of hydrogen-bond donors (Lipinski definition) is 2. The zero-order valence-electron chi connectivity index (χ0n) is 11.3. The summed E-state index contributed by atoms with van der Waals surface area (Å²) in [4.78, 5) is 15.5. The zero-order chi connectivity index (χ0) is 14.6. The minimum absolute atomic E-state index is 0.0306. The van der Waals surface area contributed by atoms with Crippen LogP contribution in [0.3, 0.4) is 0 Å². The minimum atomic E-state index is -3.33. The molecule has 0 unspecified atom stereocenters. The van der Waals surface area contributed by atoms with Crippen LogP contribution in [0.5, 0.6) is 0 Å². The van der Waals surface area contributed by atoms with Gasteiger partial charge in [0.05, 0.1) is 17.9 Å². The number of carbonyl (C=O) groups excluding carboxylic acids is 1. The molecule has 19 heavy (non-hydrogen) atoms. The molecule has 0 radical (unpaired) electrons. The van der Waals surface area contributed by atoms with Crippen LogP contribution in [0.1, 0.15) is 20.3 Å². The molecule has 0 aliphatic rings. The third-order valence-corrected chi connectivity index (χ3v) is 3.45. The fourth-order valence-electron chi connectivity index (χ4n) is 1.52. The van der Waals surface area contributed by atoms with Crippen LogP contribution < -0.4 is 11.1 Å². The van der Waals surface area contributed by atoms with E-state index in [4.69, 9.17) is 5.73 Å². The van der Waals surface area contributed by atoms with Crippen LogP contribution in [0.25, 0.3) is 0 Å². The third-order valence-electron chi connectivity index (χ3n) is 2.45. The van der Waals surface area contributed by atoms with Crippen molar-refractivity contribution in [3.05, 3.63) is 18.3 Å². The standard InChI is InChI=1S/C12H19N3O3S/c1-8(2)6-10(13)12(16)15-9-4-5-11(14-7-9)19(3,17)18/h4-5,7-8,10H,6,13H2,1-3H3,(H,15,16)/t10-/m1/s1. The molecule has 1 rings (SSSR count). The van der Waals surface area contributed by atoms with Gasteiger partial charge in [-0.25, -0.2) is 13.4 Å². The molecule has 0 bridgehead atoms. The van der Waals surface area contributed by atoms with Gasteiger partial charge in [0.2, 0.25) is 5.91 Å². The second kappa shape index (κ2) is 6.12. The van der Waals surface area contributed by atoms with Gasteiger partial charge < -0.3 is 11.1 Å². The number of nitrogens with zero attached hydrogens (tertiary/aromatic N) is 1. The molecule has 3 N–H and O–H groups in total. The second-order valence-electron chi connectivity index (χ2n) is 4.88. The Labute approximate surface area is 113 Å². The van der Waals surface area contributed by atoms with Crippen LogP contribution >= 0.6 is 0 Å². The summed E-state index contributed by atoms with van der Waals surface area (Å²) >= 11 is 0. The summed E-state index contributed by atoms with van der Waals surface area (Å²) in [6, 6.07) is 2.25. The number of nitrogens with one attached hydrogen (secondary N) is 1. The van der Waals surface area contributed by atoms with E-state index >= 15 is 0 Å². The Morgan fingerprint density at radius 3 is 2.47 bits per heavy atom. The molecule has 6 nitrogen and oxygen atoms in total. The van der Waals surface area contributed by atoms with Crippen molar-refractivity contribution in [3.63, 3.8) is 0 Å². The molecule has 1 atom stereocenters.